The van der Waals surface area contributed by atoms with Crippen molar-refractivity contribution in [1.29, 1.82) is 0 Å². The van der Waals surface area contributed by atoms with Crippen LogP contribution in [0.1, 0.15) is 24.3 Å². The lowest BCUT2D eigenvalue weighted by atomic mass is 10.0. The summed E-state index contributed by atoms with van der Waals surface area (Å²) < 4.78 is 14.0. The van der Waals surface area contributed by atoms with Gasteiger partial charge in [0.05, 0.1) is 5.69 Å². The van der Waals surface area contributed by atoms with Crippen LogP contribution in [-0.2, 0) is 4.79 Å². The van der Waals surface area contributed by atoms with E-state index in [1.165, 1.54) is 39.1 Å². The first-order valence-electron chi connectivity index (χ1n) is 7.02. The van der Waals surface area contributed by atoms with Crippen molar-refractivity contribution in [1.82, 2.24) is 14.7 Å². The molecule has 0 saturated carbocycles. The molecule has 0 unspecified atom stereocenters. The highest BCUT2D eigenvalue weighted by molar-refractivity contribution is 5.95. The molecule has 0 saturated heterocycles. The van der Waals surface area contributed by atoms with Gasteiger partial charge < -0.3 is 10.0 Å². The van der Waals surface area contributed by atoms with Crippen molar-refractivity contribution in [2.24, 2.45) is 0 Å². The molecule has 8 heteroatoms. The van der Waals surface area contributed by atoms with Gasteiger partial charge in [0, 0.05) is 13.1 Å². The minimum Gasteiger partial charge on any atom is -0.480 e. The molecule has 1 aromatic carbocycles. The number of rotatable bonds is 4. The van der Waals surface area contributed by atoms with Gasteiger partial charge in [-0.3, -0.25) is 9.59 Å². The Kier molecular flexibility index (Phi) is 4.50. The SMILES string of the molecule is CN(C(=O)c1ccc(=O)n(-c2ccc(F)cc2)n1)C(C)(C)C(=O)O. The lowest BCUT2D eigenvalue weighted by Gasteiger charge is -2.31. The minimum atomic E-state index is -1.45. The van der Waals surface area contributed by atoms with E-state index in [4.69, 9.17) is 0 Å². The Hall–Kier alpha value is -3.03. The highest BCUT2D eigenvalue weighted by atomic mass is 19.1. The second-order valence-corrected chi connectivity index (χ2v) is 5.67. The van der Waals surface area contributed by atoms with E-state index >= 15 is 0 Å². The summed E-state index contributed by atoms with van der Waals surface area (Å²) in [6.45, 7) is 2.76. The summed E-state index contributed by atoms with van der Waals surface area (Å²) in [7, 11) is 1.34. The Bertz CT molecular complexity index is 843. The third kappa shape index (κ3) is 3.17. The standard InChI is InChI=1S/C16H16FN3O4/c1-16(2,15(23)24)19(3)14(22)12-8-9-13(21)20(18-12)11-6-4-10(17)5-7-11/h4-9H,1-3H3,(H,23,24). The Morgan fingerprint density at radius 1 is 1.17 bits per heavy atom. The molecule has 0 aliphatic heterocycles. The third-order valence-corrected chi connectivity index (χ3v) is 3.76. The maximum Gasteiger partial charge on any atom is 0.329 e. The van der Waals surface area contributed by atoms with E-state index in [0.29, 0.717) is 0 Å². The smallest absolute Gasteiger partial charge is 0.329 e. The van der Waals surface area contributed by atoms with Crippen LogP contribution >= 0.6 is 0 Å². The summed E-state index contributed by atoms with van der Waals surface area (Å²) in [5.74, 6) is -2.30. The van der Waals surface area contributed by atoms with Gasteiger partial charge in [0.15, 0.2) is 0 Å². The molecule has 0 bridgehead atoms. The third-order valence-electron chi connectivity index (χ3n) is 3.76. The zero-order valence-electron chi connectivity index (χ0n) is 13.4. The van der Waals surface area contributed by atoms with Gasteiger partial charge in [0.1, 0.15) is 17.1 Å². The van der Waals surface area contributed by atoms with Gasteiger partial charge in [-0.25, -0.2) is 9.18 Å². The van der Waals surface area contributed by atoms with Gasteiger partial charge in [-0.15, -0.1) is 0 Å². The lowest BCUT2D eigenvalue weighted by molar-refractivity contribution is -0.147. The van der Waals surface area contributed by atoms with Gasteiger partial charge >= 0.3 is 5.97 Å². The van der Waals surface area contributed by atoms with E-state index in [1.807, 2.05) is 0 Å². The van der Waals surface area contributed by atoms with Crippen LogP contribution in [0.3, 0.4) is 0 Å². The molecular formula is C16H16FN3O4. The van der Waals surface area contributed by atoms with Crippen LogP contribution in [0.5, 0.6) is 0 Å². The fourth-order valence-corrected chi connectivity index (χ4v) is 1.86. The number of aromatic nitrogens is 2. The first kappa shape index (κ1) is 17.3. The monoisotopic (exact) mass is 333 g/mol. The van der Waals surface area contributed by atoms with Crippen molar-refractivity contribution < 1.29 is 19.1 Å². The number of aliphatic carboxylic acids is 1. The quantitative estimate of drug-likeness (QED) is 0.910. The van der Waals surface area contributed by atoms with Crippen molar-refractivity contribution >= 4 is 11.9 Å². The molecule has 1 aromatic heterocycles. The number of hydrogen-bond acceptors (Lipinski definition) is 4. The van der Waals surface area contributed by atoms with Crippen molar-refractivity contribution in [2.45, 2.75) is 19.4 Å². The molecule has 0 aliphatic carbocycles. The van der Waals surface area contributed by atoms with Crippen molar-refractivity contribution in [2.75, 3.05) is 7.05 Å². The normalized spacial score (nSPS) is 11.2. The number of hydrogen-bond donors (Lipinski definition) is 1. The van der Waals surface area contributed by atoms with Crippen molar-refractivity contribution in [3.8, 4) is 5.69 Å². The van der Waals surface area contributed by atoms with E-state index in [1.54, 1.807) is 0 Å². The molecule has 126 valence electrons. The number of amides is 1. The van der Waals surface area contributed by atoms with Crippen LogP contribution in [0, 0.1) is 5.82 Å². The van der Waals surface area contributed by atoms with E-state index in [9.17, 15) is 23.9 Å². The van der Waals surface area contributed by atoms with Gasteiger partial charge in [-0.1, -0.05) is 0 Å². The number of carbonyl (C=O) groups is 2. The van der Waals surface area contributed by atoms with Gasteiger partial charge in [-0.2, -0.15) is 9.78 Å². The molecule has 0 atom stereocenters. The molecule has 2 aromatic rings. The second kappa shape index (κ2) is 6.23. The Balaban J connectivity index is 2.44. The number of likely N-dealkylation sites (N-methyl/N-ethyl adjacent to an activating group) is 1. The Labute approximate surface area is 137 Å². The maximum atomic E-state index is 13.0. The first-order chi connectivity index (χ1) is 11.1. The predicted octanol–water partition coefficient (Wildman–Crippen LogP) is 1.31. The molecule has 1 N–H and O–H groups in total. The predicted molar refractivity (Wildman–Crippen MR) is 83.6 cm³/mol. The fraction of sp³-hybridized carbons (Fsp3) is 0.250. The average molecular weight is 333 g/mol. The van der Waals surface area contributed by atoms with E-state index < -0.39 is 28.8 Å². The van der Waals surface area contributed by atoms with Crippen LogP contribution < -0.4 is 5.56 Å². The summed E-state index contributed by atoms with van der Waals surface area (Å²) in [4.78, 5) is 36.7. The van der Waals surface area contributed by atoms with Gasteiger partial charge in [-0.05, 0) is 44.2 Å². The van der Waals surface area contributed by atoms with Crippen LogP contribution in [-0.4, -0.2) is 44.3 Å². The minimum absolute atomic E-state index is 0.101. The highest BCUT2D eigenvalue weighted by Crippen LogP contribution is 2.15. The number of carbonyl (C=O) groups excluding carboxylic acids is 1. The van der Waals surface area contributed by atoms with Crippen molar-refractivity contribution in [3.05, 3.63) is 58.3 Å². The summed E-state index contributed by atoms with van der Waals surface area (Å²) >= 11 is 0. The molecule has 1 heterocycles. The van der Waals surface area contributed by atoms with Gasteiger partial charge in [0.25, 0.3) is 11.5 Å². The largest absolute Gasteiger partial charge is 0.480 e. The molecule has 2 rings (SSSR count). The molecule has 0 radical (unpaired) electrons. The van der Waals surface area contributed by atoms with E-state index in [-0.39, 0.29) is 11.4 Å². The number of carboxylic acids is 1. The molecule has 7 nitrogen and oxygen atoms in total. The maximum absolute atomic E-state index is 13.0. The summed E-state index contributed by atoms with van der Waals surface area (Å²) in [5, 5.41) is 13.2. The zero-order valence-corrected chi connectivity index (χ0v) is 13.4. The van der Waals surface area contributed by atoms with Gasteiger partial charge in [0.2, 0.25) is 0 Å². The second-order valence-electron chi connectivity index (χ2n) is 5.67. The van der Waals surface area contributed by atoms with Crippen LogP contribution in [0.4, 0.5) is 4.39 Å². The number of nitrogens with zero attached hydrogens (tertiary/aromatic N) is 3. The molecule has 0 aliphatic rings. The zero-order chi connectivity index (χ0) is 18.1. The number of benzene rings is 1. The molecular weight excluding hydrogens is 317 g/mol. The highest BCUT2D eigenvalue weighted by Gasteiger charge is 2.36. The summed E-state index contributed by atoms with van der Waals surface area (Å²) in [5.41, 5.74) is -1.76. The summed E-state index contributed by atoms with van der Waals surface area (Å²) in [6.07, 6.45) is 0. The molecule has 24 heavy (non-hydrogen) atoms. The Morgan fingerprint density at radius 2 is 1.75 bits per heavy atom. The van der Waals surface area contributed by atoms with Crippen LogP contribution in [0.25, 0.3) is 5.69 Å². The van der Waals surface area contributed by atoms with E-state index in [0.717, 1.165) is 27.8 Å². The van der Waals surface area contributed by atoms with Crippen LogP contribution in [0.2, 0.25) is 0 Å². The molecule has 0 fully saturated rings. The Morgan fingerprint density at radius 3 is 2.29 bits per heavy atom. The molecule has 0 spiro atoms. The lowest BCUT2D eigenvalue weighted by Crippen LogP contribution is -2.51. The van der Waals surface area contributed by atoms with Crippen LogP contribution in [0.15, 0.2) is 41.2 Å². The number of halogens is 1. The topological polar surface area (TPSA) is 92.5 Å². The van der Waals surface area contributed by atoms with Crippen molar-refractivity contribution in [3.63, 3.8) is 0 Å². The first-order valence-corrected chi connectivity index (χ1v) is 7.02. The number of carboxylic acid groups (broad SMARTS) is 1. The summed E-state index contributed by atoms with van der Waals surface area (Å²) in [6, 6.07) is 7.39. The average Bonchev–Trinajstić information content (AvgIpc) is 2.54. The molecule has 1 amide bonds. The van der Waals surface area contributed by atoms with E-state index in [2.05, 4.69) is 5.10 Å². The fourth-order valence-electron chi connectivity index (χ4n) is 1.86.